The average molecular weight is 322 g/mol. The van der Waals surface area contributed by atoms with Crippen molar-refractivity contribution >= 4 is 16.9 Å². The molecule has 1 aromatic carbocycles. The van der Waals surface area contributed by atoms with Crippen molar-refractivity contribution in [2.45, 2.75) is 44.7 Å². The van der Waals surface area contributed by atoms with Crippen molar-refractivity contribution in [1.82, 2.24) is 4.57 Å². The quantitative estimate of drug-likeness (QED) is 0.618. The molecule has 126 valence electrons. The fourth-order valence-electron chi connectivity index (χ4n) is 2.76. The summed E-state index contributed by atoms with van der Waals surface area (Å²) in [5.74, 6) is -1.41. The minimum absolute atomic E-state index is 0.173. The van der Waals surface area contributed by atoms with Crippen molar-refractivity contribution in [3.05, 3.63) is 35.8 Å². The lowest BCUT2D eigenvalue weighted by atomic mass is 10.1. The van der Waals surface area contributed by atoms with E-state index in [1.807, 2.05) is 10.8 Å². The minimum Gasteiger partial charge on any atom is -0.480 e. The summed E-state index contributed by atoms with van der Waals surface area (Å²) in [6.07, 6.45) is 5.78. The number of aryl methyl sites for hydroxylation is 1. The normalized spacial score (nSPS) is 12.7. The molecule has 0 bridgehead atoms. The molecule has 0 saturated heterocycles. The van der Waals surface area contributed by atoms with Crippen molar-refractivity contribution in [3.8, 4) is 0 Å². The molecule has 1 heterocycles. The first kappa shape index (κ1) is 17.4. The number of aromatic nitrogens is 1. The van der Waals surface area contributed by atoms with Gasteiger partial charge in [0, 0.05) is 36.7 Å². The first-order chi connectivity index (χ1) is 11.0. The Morgan fingerprint density at radius 1 is 1.26 bits per heavy atom. The molecule has 2 aromatic rings. The fraction of sp³-hybridized carbons (Fsp3) is 0.471. The van der Waals surface area contributed by atoms with Gasteiger partial charge >= 0.3 is 5.97 Å². The van der Waals surface area contributed by atoms with Crippen molar-refractivity contribution < 1.29 is 19.4 Å². The molecule has 0 aliphatic heterocycles. The standard InChI is InChI=1S/C17H23FN2O3/c18-13-5-6-16-14(10-13)12(9-15(19)17(22)23)11-20(16)7-3-1-2-4-8-21/h5-6,10-11,15,21H,1-4,7-9,19H2,(H,22,23). The lowest BCUT2D eigenvalue weighted by Gasteiger charge is -2.05. The Morgan fingerprint density at radius 2 is 2.00 bits per heavy atom. The van der Waals surface area contributed by atoms with Gasteiger partial charge in [-0.1, -0.05) is 12.8 Å². The molecular weight excluding hydrogens is 299 g/mol. The van der Waals surface area contributed by atoms with Gasteiger partial charge in [0.1, 0.15) is 11.9 Å². The first-order valence-corrected chi connectivity index (χ1v) is 7.89. The summed E-state index contributed by atoms with van der Waals surface area (Å²) in [5, 5.41) is 18.5. The number of unbranched alkanes of at least 4 members (excludes halogenated alkanes) is 3. The summed E-state index contributed by atoms with van der Waals surface area (Å²) >= 11 is 0. The summed E-state index contributed by atoms with van der Waals surface area (Å²) in [7, 11) is 0. The van der Waals surface area contributed by atoms with Crippen molar-refractivity contribution in [1.29, 1.82) is 0 Å². The SMILES string of the molecule is NC(Cc1cn(CCCCCCO)c2ccc(F)cc12)C(=O)O. The van der Waals surface area contributed by atoms with E-state index < -0.39 is 12.0 Å². The Hall–Kier alpha value is -1.92. The number of carboxylic acids is 1. The predicted molar refractivity (Wildman–Crippen MR) is 86.8 cm³/mol. The molecule has 6 heteroatoms. The maximum Gasteiger partial charge on any atom is 0.320 e. The fourth-order valence-corrected chi connectivity index (χ4v) is 2.76. The molecule has 0 spiro atoms. The van der Waals surface area contributed by atoms with Gasteiger partial charge in [-0.2, -0.15) is 0 Å². The maximum absolute atomic E-state index is 13.5. The molecule has 1 unspecified atom stereocenters. The van der Waals surface area contributed by atoms with Crippen LogP contribution in [0.15, 0.2) is 24.4 Å². The smallest absolute Gasteiger partial charge is 0.320 e. The van der Waals surface area contributed by atoms with E-state index in [1.165, 1.54) is 12.1 Å². The second kappa shape index (κ2) is 8.08. The van der Waals surface area contributed by atoms with Crippen molar-refractivity contribution in [2.75, 3.05) is 6.61 Å². The molecule has 0 radical (unpaired) electrons. The number of fused-ring (bicyclic) bond motifs is 1. The first-order valence-electron chi connectivity index (χ1n) is 7.89. The molecular formula is C17H23FN2O3. The molecule has 2 rings (SSSR count). The van der Waals surface area contributed by atoms with Gasteiger partial charge in [0.05, 0.1) is 0 Å². The van der Waals surface area contributed by atoms with E-state index in [4.69, 9.17) is 15.9 Å². The number of rotatable bonds is 9. The van der Waals surface area contributed by atoms with Crippen LogP contribution >= 0.6 is 0 Å². The number of aliphatic hydroxyl groups is 1. The third-order valence-corrected chi connectivity index (χ3v) is 3.99. The van der Waals surface area contributed by atoms with E-state index in [0.29, 0.717) is 0 Å². The maximum atomic E-state index is 13.5. The number of aliphatic carboxylic acids is 1. The van der Waals surface area contributed by atoms with E-state index in [2.05, 4.69) is 0 Å². The zero-order valence-corrected chi connectivity index (χ0v) is 13.0. The molecule has 1 atom stereocenters. The van der Waals surface area contributed by atoms with Crippen molar-refractivity contribution in [3.63, 3.8) is 0 Å². The molecule has 0 aliphatic rings. The number of nitrogens with zero attached hydrogens (tertiary/aromatic N) is 1. The highest BCUT2D eigenvalue weighted by molar-refractivity contribution is 5.85. The van der Waals surface area contributed by atoms with Crippen molar-refractivity contribution in [2.24, 2.45) is 5.73 Å². The molecule has 0 amide bonds. The Balaban J connectivity index is 2.18. The summed E-state index contributed by atoms with van der Waals surface area (Å²) in [4.78, 5) is 11.0. The van der Waals surface area contributed by atoms with Crippen LogP contribution in [-0.4, -0.2) is 33.4 Å². The number of halogens is 1. The molecule has 4 N–H and O–H groups in total. The van der Waals surface area contributed by atoms with E-state index in [-0.39, 0.29) is 18.8 Å². The van der Waals surface area contributed by atoms with Gasteiger partial charge in [0.15, 0.2) is 0 Å². The molecule has 0 aliphatic carbocycles. The van der Waals surface area contributed by atoms with Gasteiger partial charge < -0.3 is 20.5 Å². The molecule has 23 heavy (non-hydrogen) atoms. The lowest BCUT2D eigenvalue weighted by Crippen LogP contribution is -2.32. The summed E-state index contributed by atoms with van der Waals surface area (Å²) in [6, 6.07) is 3.56. The zero-order chi connectivity index (χ0) is 16.8. The topological polar surface area (TPSA) is 88.5 Å². The number of nitrogens with two attached hydrogens (primary N) is 1. The van der Waals surface area contributed by atoms with Gasteiger partial charge in [-0.3, -0.25) is 4.79 Å². The number of hydrogen-bond donors (Lipinski definition) is 3. The number of carboxylic acid groups (broad SMARTS) is 1. The average Bonchev–Trinajstić information content (AvgIpc) is 2.84. The Kier molecular flexibility index (Phi) is 6.12. The summed E-state index contributed by atoms with van der Waals surface area (Å²) in [6.45, 7) is 0.985. The van der Waals surface area contributed by atoms with E-state index in [1.54, 1.807) is 6.07 Å². The Bertz CT molecular complexity index is 669. The van der Waals surface area contributed by atoms with Gasteiger partial charge in [-0.25, -0.2) is 4.39 Å². The monoisotopic (exact) mass is 322 g/mol. The third kappa shape index (κ3) is 4.53. The van der Waals surface area contributed by atoms with Crippen LogP contribution in [0.3, 0.4) is 0 Å². The second-order valence-corrected chi connectivity index (χ2v) is 5.80. The van der Waals surface area contributed by atoms with Crippen LogP contribution in [0.5, 0.6) is 0 Å². The van der Waals surface area contributed by atoms with Gasteiger partial charge in [-0.15, -0.1) is 0 Å². The highest BCUT2D eigenvalue weighted by Gasteiger charge is 2.17. The van der Waals surface area contributed by atoms with E-state index in [9.17, 15) is 9.18 Å². The number of benzene rings is 1. The van der Waals surface area contributed by atoms with Gasteiger partial charge in [-0.05, 0) is 36.6 Å². The number of hydrogen-bond acceptors (Lipinski definition) is 3. The largest absolute Gasteiger partial charge is 0.480 e. The van der Waals surface area contributed by atoms with E-state index >= 15 is 0 Å². The van der Waals surface area contributed by atoms with Crippen LogP contribution in [0, 0.1) is 5.82 Å². The van der Waals surface area contributed by atoms with Crippen LogP contribution < -0.4 is 5.73 Å². The highest BCUT2D eigenvalue weighted by Crippen LogP contribution is 2.24. The Morgan fingerprint density at radius 3 is 2.70 bits per heavy atom. The van der Waals surface area contributed by atoms with Crippen LogP contribution in [0.4, 0.5) is 4.39 Å². The molecule has 0 saturated carbocycles. The molecule has 5 nitrogen and oxygen atoms in total. The van der Waals surface area contributed by atoms with Crippen LogP contribution in [0.25, 0.3) is 10.9 Å². The Labute approximate surface area is 134 Å². The number of aliphatic hydroxyl groups excluding tert-OH is 1. The third-order valence-electron chi connectivity index (χ3n) is 3.99. The summed E-state index contributed by atoms with van der Waals surface area (Å²) in [5.41, 5.74) is 7.26. The summed E-state index contributed by atoms with van der Waals surface area (Å²) < 4.78 is 15.6. The second-order valence-electron chi connectivity index (χ2n) is 5.80. The van der Waals surface area contributed by atoms with Crippen LogP contribution in [0.1, 0.15) is 31.2 Å². The van der Waals surface area contributed by atoms with Gasteiger partial charge in [0.25, 0.3) is 0 Å². The zero-order valence-electron chi connectivity index (χ0n) is 13.0. The minimum atomic E-state index is -1.06. The lowest BCUT2D eigenvalue weighted by molar-refractivity contribution is -0.138. The van der Waals surface area contributed by atoms with E-state index in [0.717, 1.165) is 48.7 Å². The predicted octanol–water partition coefficient (Wildman–Crippen LogP) is 2.29. The molecule has 1 aromatic heterocycles. The van der Waals surface area contributed by atoms with Crippen LogP contribution in [0.2, 0.25) is 0 Å². The number of carbonyl (C=O) groups is 1. The van der Waals surface area contributed by atoms with Gasteiger partial charge in [0.2, 0.25) is 0 Å². The molecule has 0 fully saturated rings. The van der Waals surface area contributed by atoms with Crippen LogP contribution in [-0.2, 0) is 17.8 Å². The highest BCUT2D eigenvalue weighted by atomic mass is 19.1.